The second-order valence-electron chi connectivity index (χ2n) is 3.46. The van der Waals surface area contributed by atoms with E-state index in [0.717, 1.165) is 10.2 Å². The molecule has 1 N–H and O–H groups in total. The number of carbonyl (C=O) groups is 1. The Labute approximate surface area is 113 Å². The van der Waals surface area contributed by atoms with Gasteiger partial charge in [-0.2, -0.15) is 11.8 Å². The van der Waals surface area contributed by atoms with E-state index in [1.807, 2.05) is 13.2 Å². The minimum absolute atomic E-state index is 0.0871. The summed E-state index contributed by atoms with van der Waals surface area (Å²) in [5.74, 6) is 0.812. The highest BCUT2D eigenvalue weighted by Gasteiger charge is 2.10. The van der Waals surface area contributed by atoms with E-state index >= 15 is 0 Å². The lowest BCUT2D eigenvalue weighted by atomic mass is 10.2. The van der Waals surface area contributed by atoms with Gasteiger partial charge in [0.25, 0.3) is 5.91 Å². The first-order valence-electron chi connectivity index (χ1n) is 4.79. The summed E-state index contributed by atoms with van der Waals surface area (Å²) in [7, 11) is 0. The first-order chi connectivity index (χ1) is 7.54. The molecule has 0 spiro atoms. The molecule has 0 aliphatic carbocycles. The zero-order chi connectivity index (χ0) is 12.1. The van der Waals surface area contributed by atoms with Crippen LogP contribution in [0.15, 0.2) is 22.7 Å². The van der Waals surface area contributed by atoms with Crippen molar-refractivity contribution < 1.29 is 4.79 Å². The van der Waals surface area contributed by atoms with E-state index in [9.17, 15) is 4.79 Å². The maximum Gasteiger partial charge on any atom is 0.251 e. The Hall–Kier alpha value is -0.190. The Morgan fingerprint density at radius 1 is 1.62 bits per heavy atom. The number of nitrogens with one attached hydrogen (secondary N) is 1. The van der Waals surface area contributed by atoms with Crippen LogP contribution in [0, 0.1) is 0 Å². The largest absolute Gasteiger partial charge is 0.349 e. The van der Waals surface area contributed by atoms with Crippen molar-refractivity contribution in [3.63, 3.8) is 0 Å². The van der Waals surface area contributed by atoms with E-state index in [-0.39, 0.29) is 11.9 Å². The number of carbonyl (C=O) groups excluding carboxylic acids is 1. The molecule has 0 aliphatic heterocycles. The van der Waals surface area contributed by atoms with Gasteiger partial charge < -0.3 is 5.32 Å². The van der Waals surface area contributed by atoms with E-state index < -0.39 is 0 Å². The molecule has 0 fully saturated rings. The molecule has 0 saturated carbocycles. The number of halogens is 2. The number of thioether (sulfide) groups is 1. The number of benzene rings is 1. The van der Waals surface area contributed by atoms with Crippen LogP contribution in [0.4, 0.5) is 0 Å². The summed E-state index contributed by atoms with van der Waals surface area (Å²) in [6.07, 6.45) is 2.01. The van der Waals surface area contributed by atoms with Crippen molar-refractivity contribution in [3.8, 4) is 0 Å². The Morgan fingerprint density at radius 3 is 2.88 bits per heavy atom. The molecule has 1 unspecified atom stereocenters. The SMILES string of the molecule is CSCC(C)NC(=O)c1ccc(Br)c(Cl)c1. The lowest BCUT2D eigenvalue weighted by Gasteiger charge is -2.12. The van der Waals surface area contributed by atoms with E-state index in [1.54, 1.807) is 30.0 Å². The van der Waals surface area contributed by atoms with Crippen molar-refractivity contribution >= 4 is 45.2 Å². The average molecular weight is 323 g/mol. The van der Waals surface area contributed by atoms with E-state index in [4.69, 9.17) is 11.6 Å². The van der Waals surface area contributed by atoms with Crippen LogP contribution in [0.5, 0.6) is 0 Å². The third kappa shape index (κ3) is 4.00. The standard InChI is InChI=1S/C11H13BrClNOS/c1-7(6-16-2)14-11(15)8-3-4-9(12)10(13)5-8/h3-5,7H,6H2,1-2H3,(H,14,15). The summed E-state index contributed by atoms with van der Waals surface area (Å²) in [5, 5.41) is 3.46. The molecule has 0 aliphatic rings. The van der Waals surface area contributed by atoms with Gasteiger partial charge in [-0.1, -0.05) is 11.6 Å². The molecule has 5 heteroatoms. The molecule has 16 heavy (non-hydrogen) atoms. The van der Waals surface area contributed by atoms with Crippen LogP contribution in [0.25, 0.3) is 0 Å². The van der Waals surface area contributed by atoms with Gasteiger partial charge in [-0.05, 0) is 47.3 Å². The Bertz CT molecular complexity index is 386. The lowest BCUT2D eigenvalue weighted by molar-refractivity contribution is 0.0944. The molecule has 88 valence electrons. The van der Waals surface area contributed by atoms with Crippen molar-refractivity contribution in [1.29, 1.82) is 0 Å². The summed E-state index contributed by atoms with van der Waals surface area (Å²) >= 11 is 10.9. The van der Waals surface area contributed by atoms with E-state index in [2.05, 4.69) is 21.2 Å². The topological polar surface area (TPSA) is 29.1 Å². The first-order valence-corrected chi connectivity index (χ1v) is 7.36. The fourth-order valence-corrected chi connectivity index (χ4v) is 2.25. The number of hydrogen-bond acceptors (Lipinski definition) is 2. The summed E-state index contributed by atoms with van der Waals surface area (Å²) in [5.41, 5.74) is 0.584. The van der Waals surface area contributed by atoms with Crippen LogP contribution in [0.1, 0.15) is 17.3 Å². The van der Waals surface area contributed by atoms with Gasteiger partial charge in [0.05, 0.1) is 5.02 Å². The van der Waals surface area contributed by atoms with Gasteiger partial charge in [-0.15, -0.1) is 0 Å². The normalized spacial score (nSPS) is 12.2. The van der Waals surface area contributed by atoms with Crippen LogP contribution in [-0.2, 0) is 0 Å². The van der Waals surface area contributed by atoms with Crippen molar-refractivity contribution in [2.24, 2.45) is 0 Å². The van der Waals surface area contributed by atoms with Crippen molar-refractivity contribution in [3.05, 3.63) is 33.3 Å². The van der Waals surface area contributed by atoms with Crippen LogP contribution in [-0.4, -0.2) is 24.0 Å². The highest BCUT2D eigenvalue weighted by molar-refractivity contribution is 9.10. The minimum atomic E-state index is -0.0871. The van der Waals surface area contributed by atoms with Crippen LogP contribution in [0.3, 0.4) is 0 Å². The molecule has 0 heterocycles. The number of amides is 1. The number of rotatable bonds is 4. The minimum Gasteiger partial charge on any atom is -0.349 e. The molecular formula is C11H13BrClNOS. The zero-order valence-electron chi connectivity index (χ0n) is 9.09. The van der Waals surface area contributed by atoms with Crippen molar-refractivity contribution in [2.75, 3.05) is 12.0 Å². The summed E-state index contributed by atoms with van der Waals surface area (Å²) < 4.78 is 0.794. The Balaban J connectivity index is 2.69. The third-order valence-electron chi connectivity index (χ3n) is 1.98. The highest BCUT2D eigenvalue weighted by atomic mass is 79.9. The van der Waals surface area contributed by atoms with Crippen LogP contribution < -0.4 is 5.32 Å². The molecule has 0 radical (unpaired) electrons. The second-order valence-corrected chi connectivity index (χ2v) is 5.63. The van der Waals surface area contributed by atoms with Gasteiger partial charge in [-0.25, -0.2) is 0 Å². The predicted molar refractivity (Wildman–Crippen MR) is 74.5 cm³/mol. The molecule has 1 amide bonds. The Morgan fingerprint density at radius 2 is 2.31 bits per heavy atom. The fraction of sp³-hybridized carbons (Fsp3) is 0.364. The quantitative estimate of drug-likeness (QED) is 0.918. The maximum absolute atomic E-state index is 11.8. The molecule has 1 aromatic carbocycles. The molecule has 0 bridgehead atoms. The van der Waals surface area contributed by atoms with Gasteiger partial charge in [0.15, 0.2) is 0 Å². The summed E-state index contributed by atoms with van der Waals surface area (Å²) in [6, 6.07) is 5.34. The maximum atomic E-state index is 11.8. The molecule has 2 nitrogen and oxygen atoms in total. The summed E-state index contributed by atoms with van der Waals surface area (Å²) in [4.78, 5) is 11.8. The molecule has 1 rings (SSSR count). The van der Waals surface area contributed by atoms with Gasteiger partial charge in [0, 0.05) is 21.8 Å². The average Bonchev–Trinajstić information content (AvgIpc) is 2.22. The van der Waals surface area contributed by atoms with Crippen LogP contribution in [0.2, 0.25) is 5.02 Å². The molecule has 1 aromatic rings. The highest BCUT2D eigenvalue weighted by Crippen LogP contribution is 2.23. The second kappa shape index (κ2) is 6.52. The number of hydrogen-bond donors (Lipinski definition) is 1. The predicted octanol–water partition coefficient (Wildman–Crippen LogP) is 3.58. The molecule has 0 saturated heterocycles. The zero-order valence-corrected chi connectivity index (χ0v) is 12.2. The van der Waals surface area contributed by atoms with Crippen molar-refractivity contribution in [1.82, 2.24) is 5.32 Å². The summed E-state index contributed by atoms with van der Waals surface area (Å²) in [6.45, 7) is 1.98. The fourth-order valence-electron chi connectivity index (χ4n) is 1.24. The lowest BCUT2D eigenvalue weighted by Crippen LogP contribution is -2.34. The molecular weight excluding hydrogens is 310 g/mol. The Kier molecular flexibility index (Phi) is 5.66. The van der Waals surface area contributed by atoms with Gasteiger partial charge in [0.1, 0.15) is 0 Å². The van der Waals surface area contributed by atoms with Gasteiger partial charge in [0.2, 0.25) is 0 Å². The van der Waals surface area contributed by atoms with E-state index in [1.165, 1.54) is 0 Å². The first kappa shape index (κ1) is 13.9. The van der Waals surface area contributed by atoms with E-state index in [0.29, 0.717) is 10.6 Å². The smallest absolute Gasteiger partial charge is 0.251 e. The molecule has 0 aromatic heterocycles. The van der Waals surface area contributed by atoms with Crippen LogP contribution >= 0.6 is 39.3 Å². The van der Waals surface area contributed by atoms with Gasteiger partial charge >= 0.3 is 0 Å². The third-order valence-corrected chi connectivity index (χ3v) is 4.04. The van der Waals surface area contributed by atoms with Crippen molar-refractivity contribution in [2.45, 2.75) is 13.0 Å². The van der Waals surface area contributed by atoms with Gasteiger partial charge in [-0.3, -0.25) is 4.79 Å². The monoisotopic (exact) mass is 321 g/mol. The molecule has 1 atom stereocenters.